The lowest BCUT2D eigenvalue weighted by Gasteiger charge is -2.04. The molecule has 22 heavy (non-hydrogen) atoms. The van der Waals surface area contributed by atoms with Gasteiger partial charge >= 0.3 is 12.0 Å². The summed E-state index contributed by atoms with van der Waals surface area (Å²) >= 11 is 1.32. The summed E-state index contributed by atoms with van der Waals surface area (Å²) in [6.07, 6.45) is 6.13. The molecule has 8 heteroatoms. The molecule has 0 unspecified atom stereocenters. The number of hydrogen-bond donors (Lipinski definition) is 2. The van der Waals surface area contributed by atoms with Crippen LogP contribution < -0.4 is 10.6 Å². The molecule has 2 amide bonds. The second kappa shape index (κ2) is 10.9. The normalized spacial score (nSPS) is 10.3. The largest absolute Gasteiger partial charge is 0.469 e. The highest BCUT2D eigenvalue weighted by molar-refractivity contribution is 7.15. The Labute approximate surface area is 134 Å². The molecule has 0 radical (unpaired) electrons. The van der Waals surface area contributed by atoms with Gasteiger partial charge in [0.25, 0.3) is 0 Å². The van der Waals surface area contributed by atoms with E-state index >= 15 is 0 Å². The van der Waals surface area contributed by atoms with Crippen molar-refractivity contribution >= 4 is 28.5 Å². The summed E-state index contributed by atoms with van der Waals surface area (Å²) in [5.41, 5.74) is 0. The lowest BCUT2D eigenvalue weighted by atomic mass is 10.2. The zero-order valence-corrected chi connectivity index (χ0v) is 14.0. The number of carbonyl (C=O) groups is 2. The zero-order chi connectivity index (χ0) is 16.2. The predicted octanol–water partition coefficient (Wildman–Crippen LogP) is 2.74. The molecule has 0 aliphatic rings. The molecule has 1 rings (SSSR count). The number of urea groups is 1. The molecule has 0 aliphatic heterocycles. The number of amides is 2. The fraction of sp³-hybridized carbons (Fsp3) is 0.714. The summed E-state index contributed by atoms with van der Waals surface area (Å²) in [7, 11) is 1.37. The molecule has 1 aromatic heterocycles. The number of esters is 1. The molecule has 124 valence electrons. The van der Waals surface area contributed by atoms with Gasteiger partial charge in [-0.2, -0.15) is 0 Å². The minimum absolute atomic E-state index is 0.231. The Morgan fingerprint density at radius 2 is 2.00 bits per heavy atom. The molecule has 0 aliphatic carbocycles. The second-order valence-electron chi connectivity index (χ2n) is 4.87. The SMILES string of the molecule is CCCCCCNC(=O)Nc1nnc(CCCC(=O)OC)s1. The molecule has 1 heterocycles. The van der Waals surface area contributed by atoms with Crippen molar-refractivity contribution in [2.24, 2.45) is 0 Å². The maximum atomic E-state index is 11.7. The van der Waals surface area contributed by atoms with Crippen molar-refractivity contribution in [1.82, 2.24) is 15.5 Å². The van der Waals surface area contributed by atoms with Gasteiger partial charge in [-0.1, -0.05) is 37.5 Å². The smallest absolute Gasteiger partial charge is 0.321 e. The van der Waals surface area contributed by atoms with Crippen molar-refractivity contribution in [2.75, 3.05) is 19.0 Å². The second-order valence-corrected chi connectivity index (χ2v) is 5.93. The molecule has 0 spiro atoms. The summed E-state index contributed by atoms with van der Waals surface area (Å²) in [5, 5.41) is 14.6. The Kier molecular flexibility index (Phi) is 9.13. The molecule has 0 fully saturated rings. The molecule has 7 nitrogen and oxygen atoms in total. The number of aryl methyl sites for hydroxylation is 1. The van der Waals surface area contributed by atoms with Gasteiger partial charge in [0.2, 0.25) is 5.13 Å². The van der Waals surface area contributed by atoms with E-state index < -0.39 is 0 Å². The van der Waals surface area contributed by atoms with Crippen LogP contribution in [0.2, 0.25) is 0 Å². The molecule has 0 aromatic carbocycles. The van der Waals surface area contributed by atoms with Gasteiger partial charge < -0.3 is 10.1 Å². The van der Waals surface area contributed by atoms with Gasteiger partial charge in [-0.25, -0.2) is 4.79 Å². The van der Waals surface area contributed by atoms with E-state index in [0.717, 1.165) is 17.8 Å². The van der Waals surface area contributed by atoms with Gasteiger partial charge in [-0.15, -0.1) is 10.2 Å². The van der Waals surface area contributed by atoms with Crippen LogP contribution in [-0.4, -0.2) is 35.9 Å². The van der Waals surface area contributed by atoms with Gasteiger partial charge in [-0.3, -0.25) is 10.1 Å². The predicted molar refractivity (Wildman–Crippen MR) is 86.0 cm³/mol. The first-order chi connectivity index (χ1) is 10.7. The van der Waals surface area contributed by atoms with E-state index in [1.54, 1.807) is 0 Å². The van der Waals surface area contributed by atoms with Crippen LogP contribution in [0.4, 0.5) is 9.93 Å². The number of nitrogens with one attached hydrogen (secondary N) is 2. The average Bonchev–Trinajstić information content (AvgIpc) is 2.94. The summed E-state index contributed by atoms with van der Waals surface area (Å²) in [6, 6.07) is -0.256. The van der Waals surface area contributed by atoms with Crippen molar-refractivity contribution in [3.05, 3.63) is 5.01 Å². The molecule has 0 saturated carbocycles. The van der Waals surface area contributed by atoms with E-state index in [0.29, 0.717) is 30.9 Å². The lowest BCUT2D eigenvalue weighted by Crippen LogP contribution is -2.29. The molecule has 2 N–H and O–H groups in total. The van der Waals surface area contributed by atoms with Crippen LogP contribution in [0, 0.1) is 0 Å². The third-order valence-corrected chi connectivity index (χ3v) is 3.90. The van der Waals surface area contributed by atoms with Gasteiger partial charge in [-0.05, 0) is 12.8 Å². The van der Waals surface area contributed by atoms with Crippen LogP contribution in [0.3, 0.4) is 0 Å². The van der Waals surface area contributed by atoms with Crippen LogP contribution in [0.25, 0.3) is 0 Å². The van der Waals surface area contributed by atoms with Crippen molar-refractivity contribution in [2.45, 2.75) is 51.9 Å². The van der Waals surface area contributed by atoms with Crippen molar-refractivity contribution in [1.29, 1.82) is 0 Å². The number of aromatic nitrogens is 2. The van der Waals surface area contributed by atoms with E-state index in [4.69, 9.17) is 0 Å². The number of nitrogens with zero attached hydrogens (tertiary/aromatic N) is 2. The van der Waals surface area contributed by atoms with E-state index in [2.05, 4.69) is 32.5 Å². The van der Waals surface area contributed by atoms with Crippen LogP contribution >= 0.6 is 11.3 Å². The summed E-state index contributed by atoms with van der Waals surface area (Å²) in [4.78, 5) is 22.7. The number of methoxy groups -OCH3 is 1. The topological polar surface area (TPSA) is 93.2 Å². The van der Waals surface area contributed by atoms with Crippen molar-refractivity contribution in [3.63, 3.8) is 0 Å². The fourth-order valence-corrected chi connectivity index (χ4v) is 2.56. The third-order valence-electron chi connectivity index (χ3n) is 3.00. The first kappa shape index (κ1) is 18.3. The number of carbonyl (C=O) groups excluding carboxylic acids is 2. The molecule has 0 bridgehead atoms. The van der Waals surface area contributed by atoms with E-state index in [1.165, 1.54) is 31.3 Å². The Morgan fingerprint density at radius 1 is 1.18 bits per heavy atom. The summed E-state index contributed by atoms with van der Waals surface area (Å²) in [6.45, 7) is 2.81. The fourth-order valence-electron chi connectivity index (χ4n) is 1.79. The Bertz CT molecular complexity index is 465. The number of ether oxygens (including phenoxy) is 1. The molecule has 0 saturated heterocycles. The van der Waals surface area contributed by atoms with Crippen LogP contribution in [0.15, 0.2) is 0 Å². The molecular formula is C14H24N4O3S. The zero-order valence-electron chi connectivity index (χ0n) is 13.2. The average molecular weight is 328 g/mol. The minimum Gasteiger partial charge on any atom is -0.469 e. The highest BCUT2D eigenvalue weighted by atomic mass is 32.1. The maximum absolute atomic E-state index is 11.7. The standard InChI is InChI=1S/C14H24N4O3S/c1-3-4-5-6-10-15-13(20)16-14-18-17-11(22-14)8-7-9-12(19)21-2/h3-10H2,1-2H3,(H2,15,16,18,20). The van der Waals surface area contributed by atoms with E-state index in [-0.39, 0.29) is 12.0 Å². The van der Waals surface area contributed by atoms with Gasteiger partial charge in [0, 0.05) is 19.4 Å². The number of unbranched alkanes of at least 4 members (excludes halogenated alkanes) is 3. The van der Waals surface area contributed by atoms with Crippen LogP contribution in [0.5, 0.6) is 0 Å². The molecular weight excluding hydrogens is 304 g/mol. The van der Waals surface area contributed by atoms with Gasteiger partial charge in [0.05, 0.1) is 7.11 Å². The number of rotatable bonds is 10. The van der Waals surface area contributed by atoms with E-state index in [9.17, 15) is 9.59 Å². The van der Waals surface area contributed by atoms with Crippen molar-refractivity contribution in [3.8, 4) is 0 Å². The Balaban J connectivity index is 2.20. The van der Waals surface area contributed by atoms with E-state index in [1.807, 2.05) is 0 Å². The first-order valence-corrected chi connectivity index (χ1v) is 8.41. The Morgan fingerprint density at radius 3 is 2.73 bits per heavy atom. The quantitative estimate of drug-likeness (QED) is 0.509. The highest BCUT2D eigenvalue weighted by Crippen LogP contribution is 2.17. The van der Waals surface area contributed by atoms with Crippen LogP contribution in [0.1, 0.15) is 50.5 Å². The maximum Gasteiger partial charge on any atom is 0.321 e. The molecule has 1 aromatic rings. The van der Waals surface area contributed by atoms with Crippen molar-refractivity contribution < 1.29 is 14.3 Å². The summed E-state index contributed by atoms with van der Waals surface area (Å²) in [5.74, 6) is -0.231. The highest BCUT2D eigenvalue weighted by Gasteiger charge is 2.08. The minimum atomic E-state index is -0.256. The number of anilines is 1. The number of hydrogen-bond acceptors (Lipinski definition) is 6. The first-order valence-electron chi connectivity index (χ1n) is 7.59. The Hall–Kier alpha value is -1.70. The van der Waals surface area contributed by atoms with Gasteiger partial charge in [0.15, 0.2) is 0 Å². The lowest BCUT2D eigenvalue weighted by molar-refractivity contribution is -0.140. The van der Waals surface area contributed by atoms with Crippen LogP contribution in [-0.2, 0) is 16.0 Å². The van der Waals surface area contributed by atoms with Gasteiger partial charge in [0.1, 0.15) is 5.01 Å². The third kappa shape index (κ3) is 7.92. The summed E-state index contributed by atoms with van der Waals surface area (Å²) < 4.78 is 4.57. The molecule has 0 atom stereocenters. The monoisotopic (exact) mass is 328 g/mol.